The number of nitrogens with zero attached hydrogens (tertiary/aromatic N) is 4. The van der Waals surface area contributed by atoms with E-state index in [9.17, 15) is 13.2 Å². The van der Waals surface area contributed by atoms with Crippen molar-refractivity contribution in [2.24, 2.45) is 4.99 Å². The van der Waals surface area contributed by atoms with Crippen LogP contribution in [0, 0.1) is 11.5 Å². The van der Waals surface area contributed by atoms with Gasteiger partial charge < -0.3 is 9.88 Å². The Labute approximate surface area is 136 Å². The van der Waals surface area contributed by atoms with Gasteiger partial charge in [-0.1, -0.05) is 0 Å². The van der Waals surface area contributed by atoms with Crippen LogP contribution in [0.2, 0.25) is 0 Å². The SMILES string of the molecule is N#CNC(=NCCCn1ccnc1)Nc1ccc(C(F)(F)F)cc1. The summed E-state index contributed by atoms with van der Waals surface area (Å²) in [7, 11) is 0. The van der Waals surface area contributed by atoms with E-state index in [0.29, 0.717) is 12.2 Å². The summed E-state index contributed by atoms with van der Waals surface area (Å²) in [5.74, 6) is 0.183. The molecule has 0 bridgehead atoms. The molecule has 0 amide bonds. The quantitative estimate of drug-likeness (QED) is 0.289. The van der Waals surface area contributed by atoms with Gasteiger partial charge in [-0.3, -0.25) is 10.3 Å². The maximum atomic E-state index is 12.5. The number of rotatable bonds is 5. The normalized spacial score (nSPS) is 11.8. The number of aliphatic imine (C=N–C) groups is 1. The van der Waals surface area contributed by atoms with Crippen molar-refractivity contribution < 1.29 is 13.2 Å². The van der Waals surface area contributed by atoms with Crippen LogP contribution in [-0.4, -0.2) is 22.1 Å². The lowest BCUT2D eigenvalue weighted by Crippen LogP contribution is -2.27. The number of aryl methyl sites for hydroxylation is 1. The highest BCUT2D eigenvalue weighted by Gasteiger charge is 2.29. The molecule has 0 aliphatic carbocycles. The molecule has 1 aromatic heterocycles. The first-order valence-corrected chi connectivity index (χ1v) is 7.08. The topological polar surface area (TPSA) is 78.0 Å². The fraction of sp³-hybridized carbons (Fsp3) is 0.267. The van der Waals surface area contributed by atoms with E-state index in [1.54, 1.807) is 18.7 Å². The molecule has 126 valence electrons. The number of imidazole rings is 1. The van der Waals surface area contributed by atoms with E-state index < -0.39 is 11.7 Å². The average molecular weight is 336 g/mol. The van der Waals surface area contributed by atoms with Crippen molar-refractivity contribution in [3.8, 4) is 6.19 Å². The zero-order chi connectivity index (χ0) is 17.4. The standard InChI is InChI=1S/C15H15F3N6/c16-15(17,18)12-2-4-13(5-3-12)23-14(22-10-19)21-6-1-8-24-9-7-20-11-24/h2-5,7,9,11H,1,6,8H2,(H2,21,22,23). The highest BCUT2D eigenvalue weighted by molar-refractivity contribution is 5.94. The largest absolute Gasteiger partial charge is 0.416 e. The summed E-state index contributed by atoms with van der Waals surface area (Å²) in [6.07, 6.45) is 3.29. The fourth-order valence-corrected chi connectivity index (χ4v) is 1.91. The maximum Gasteiger partial charge on any atom is 0.416 e. The van der Waals surface area contributed by atoms with E-state index in [4.69, 9.17) is 5.26 Å². The van der Waals surface area contributed by atoms with Gasteiger partial charge >= 0.3 is 6.18 Å². The van der Waals surface area contributed by atoms with Gasteiger partial charge in [0.2, 0.25) is 5.96 Å². The van der Waals surface area contributed by atoms with Crippen LogP contribution in [0.25, 0.3) is 0 Å². The van der Waals surface area contributed by atoms with Crippen molar-refractivity contribution in [2.75, 3.05) is 11.9 Å². The van der Waals surface area contributed by atoms with E-state index in [1.165, 1.54) is 12.1 Å². The third-order valence-electron chi connectivity index (χ3n) is 3.05. The molecule has 24 heavy (non-hydrogen) atoms. The summed E-state index contributed by atoms with van der Waals surface area (Å²) in [6, 6.07) is 4.49. The number of guanidine groups is 1. The van der Waals surface area contributed by atoms with Gasteiger partial charge in [0.25, 0.3) is 0 Å². The minimum absolute atomic E-state index is 0.183. The van der Waals surface area contributed by atoms with Crippen molar-refractivity contribution in [1.82, 2.24) is 14.9 Å². The highest BCUT2D eigenvalue weighted by atomic mass is 19.4. The zero-order valence-corrected chi connectivity index (χ0v) is 12.6. The van der Waals surface area contributed by atoms with E-state index in [1.807, 2.05) is 10.8 Å². The first-order valence-electron chi connectivity index (χ1n) is 7.08. The monoisotopic (exact) mass is 336 g/mol. The summed E-state index contributed by atoms with van der Waals surface area (Å²) < 4.78 is 39.5. The highest BCUT2D eigenvalue weighted by Crippen LogP contribution is 2.29. The number of benzene rings is 1. The number of alkyl halides is 3. The van der Waals surface area contributed by atoms with Crippen LogP contribution in [0.5, 0.6) is 0 Å². The molecule has 0 unspecified atom stereocenters. The third kappa shape index (κ3) is 5.31. The molecule has 0 aliphatic rings. The number of nitrogens with one attached hydrogen (secondary N) is 2. The molecule has 6 nitrogen and oxygen atoms in total. The zero-order valence-electron chi connectivity index (χ0n) is 12.6. The van der Waals surface area contributed by atoms with Crippen LogP contribution in [0.4, 0.5) is 18.9 Å². The van der Waals surface area contributed by atoms with Crippen LogP contribution in [0.3, 0.4) is 0 Å². The number of nitriles is 1. The molecular formula is C15H15F3N6. The lowest BCUT2D eigenvalue weighted by Gasteiger charge is -2.10. The molecule has 0 spiro atoms. The Morgan fingerprint density at radius 1 is 1.29 bits per heavy atom. The Balaban J connectivity index is 1.92. The van der Waals surface area contributed by atoms with Gasteiger partial charge in [-0.25, -0.2) is 4.98 Å². The molecule has 0 saturated heterocycles. The second kappa shape index (κ2) is 8.01. The Bertz CT molecular complexity index is 698. The van der Waals surface area contributed by atoms with Crippen LogP contribution >= 0.6 is 0 Å². The number of hydrogen-bond donors (Lipinski definition) is 2. The molecule has 2 rings (SSSR count). The first kappa shape index (κ1) is 17.3. The summed E-state index contributed by atoms with van der Waals surface area (Å²) >= 11 is 0. The van der Waals surface area contributed by atoms with Gasteiger partial charge in [0.05, 0.1) is 11.9 Å². The van der Waals surface area contributed by atoms with Crippen molar-refractivity contribution in [1.29, 1.82) is 5.26 Å². The van der Waals surface area contributed by atoms with Crippen molar-refractivity contribution in [3.63, 3.8) is 0 Å². The van der Waals surface area contributed by atoms with Gasteiger partial charge in [-0.05, 0) is 30.7 Å². The Hall–Kier alpha value is -3.02. The molecule has 0 atom stereocenters. The third-order valence-corrected chi connectivity index (χ3v) is 3.05. The Kier molecular flexibility index (Phi) is 5.78. The average Bonchev–Trinajstić information content (AvgIpc) is 3.04. The van der Waals surface area contributed by atoms with E-state index in [0.717, 1.165) is 25.1 Å². The van der Waals surface area contributed by atoms with Crippen molar-refractivity contribution >= 4 is 11.6 Å². The lowest BCUT2D eigenvalue weighted by molar-refractivity contribution is -0.137. The van der Waals surface area contributed by atoms with Gasteiger partial charge in [-0.15, -0.1) is 0 Å². The summed E-state index contributed by atoms with van der Waals surface area (Å²) in [6.45, 7) is 1.17. The van der Waals surface area contributed by atoms with Crippen LogP contribution in [0.1, 0.15) is 12.0 Å². The molecule has 0 aliphatic heterocycles. The molecule has 2 aromatic rings. The van der Waals surface area contributed by atoms with Gasteiger partial charge in [-0.2, -0.15) is 18.4 Å². The number of hydrogen-bond acceptors (Lipinski definition) is 3. The molecule has 2 N–H and O–H groups in total. The molecule has 0 fully saturated rings. The van der Waals surface area contributed by atoms with E-state index in [-0.39, 0.29) is 5.96 Å². The smallest absolute Gasteiger partial charge is 0.337 e. The molecule has 9 heteroatoms. The minimum atomic E-state index is -4.38. The lowest BCUT2D eigenvalue weighted by atomic mass is 10.2. The molecule has 0 radical (unpaired) electrons. The Morgan fingerprint density at radius 2 is 2.04 bits per heavy atom. The maximum absolute atomic E-state index is 12.5. The van der Waals surface area contributed by atoms with Gasteiger partial charge in [0.1, 0.15) is 0 Å². The fourth-order valence-electron chi connectivity index (χ4n) is 1.91. The predicted octanol–water partition coefficient (Wildman–Crippen LogP) is 2.83. The van der Waals surface area contributed by atoms with Gasteiger partial charge in [0, 0.05) is 31.2 Å². The predicted molar refractivity (Wildman–Crippen MR) is 83.0 cm³/mol. The number of halogens is 3. The second-order valence-corrected chi connectivity index (χ2v) is 4.82. The first-order chi connectivity index (χ1) is 11.5. The summed E-state index contributed by atoms with van der Waals surface area (Å²) in [4.78, 5) is 8.12. The van der Waals surface area contributed by atoms with Crippen LogP contribution < -0.4 is 10.6 Å². The van der Waals surface area contributed by atoms with E-state index >= 15 is 0 Å². The molecule has 1 heterocycles. The Morgan fingerprint density at radius 3 is 2.62 bits per heavy atom. The van der Waals surface area contributed by atoms with Gasteiger partial charge in [0.15, 0.2) is 6.19 Å². The summed E-state index contributed by atoms with van der Waals surface area (Å²) in [5, 5.41) is 13.9. The minimum Gasteiger partial charge on any atom is -0.337 e. The molecule has 1 aromatic carbocycles. The number of aromatic nitrogens is 2. The number of anilines is 1. The molecule has 0 saturated carbocycles. The van der Waals surface area contributed by atoms with Crippen molar-refractivity contribution in [2.45, 2.75) is 19.1 Å². The van der Waals surface area contributed by atoms with Crippen molar-refractivity contribution in [3.05, 3.63) is 48.5 Å². The van der Waals surface area contributed by atoms with Crippen LogP contribution in [0.15, 0.2) is 48.0 Å². The second-order valence-electron chi connectivity index (χ2n) is 4.82. The molecular weight excluding hydrogens is 321 g/mol. The van der Waals surface area contributed by atoms with E-state index in [2.05, 4.69) is 20.6 Å². The summed E-state index contributed by atoms with van der Waals surface area (Å²) in [5.41, 5.74) is -0.334. The van der Waals surface area contributed by atoms with Crippen LogP contribution in [-0.2, 0) is 12.7 Å².